The van der Waals surface area contributed by atoms with E-state index in [1.807, 2.05) is 25.1 Å². The molecule has 3 amide bonds. The third-order valence-corrected chi connectivity index (χ3v) is 4.92. The Morgan fingerprint density at radius 3 is 2.73 bits per heavy atom. The molecule has 8 heteroatoms. The minimum atomic E-state index is -0.559. The molecule has 1 fully saturated rings. The van der Waals surface area contributed by atoms with E-state index in [4.69, 9.17) is 11.2 Å². The lowest BCUT2D eigenvalue weighted by molar-refractivity contribution is -0.141. The molecule has 1 saturated heterocycles. The Morgan fingerprint density at radius 2 is 2.08 bits per heavy atom. The van der Waals surface area contributed by atoms with Crippen LogP contribution in [0.1, 0.15) is 19.8 Å². The van der Waals surface area contributed by atoms with Crippen molar-refractivity contribution in [3.63, 3.8) is 0 Å². The Morgan fingerprint density at radius 1 is 1.35 bits per heavy atom. The molecular formula is C18H17N3O4S. The van der Waals surface area contributed by atoms with Gasteiger partial charge >= 0.3 is 0 Å². The second-order valence-electron chi connectivity index (χ2n) is 5.62. The van der Waals surface area contributed by atoms with Gasteiger partial charge in [-0.2, -0.15) is 4.99 Å². The molecule has 0 atom stereocenters. The zero-order valence-corrected chi connectivity index (χ0v) is 15.0. The standard InChI is InChI=1S/C18H17N3O4S/c1-3-9-20-13-6-5-12(25-4-2)10-14(13)26-18(20)19-15(22)11-21-16(23)7-8-17(21)24/h1,5-6,10H,4,7-9,11H2,2H3. The summed E-state index contributed by atoms with van der Waals surface area (Å²) in [6, 6.07) is 5.57. The predicted molar refractivity (Wildman–Crippen MR) is 96.3 cm³/mol. The van der Waals surface area contributed by atoms with Crippen LogP contribution in [0.2, 0.25) is 0 Å². The Balaban J connectivity index is 1.97. The van der Waals surface area contributed by atoms with Crippen LogP contribution in [0.25, 0.3) is 10.2 Å². The number of ether oxygens (including phenoxy) is 1. The molecule has 134 valence electrons. The number of imide groups is 1. The number of hydrogen-bond donors (Lipinski definition) is 0. The molecule has 3 rings (SSSR count). The van der Waals surface area contributed by atoms with Crippen molar-refractivity contribution in [2.45, 2.75) is 26.3 Å². The summed E-state index contributed by atoms with van der Waals surface area (Å²) in [6.07, 6.45) is 5.73. The van der Waals surface area contributed by atoms with Gasteiger partial charge in [0, 0.05) is 12.8 Å². The molecule has 1 aliphatic rings. The Hall–Kier alpha value is -2.92. The van der Waals surface area contributed by atoms with Crippen molar-refractivity contribution in [3.05, 3.63) is 23.0 Å². The SMILES string of the molecule is C#CCn1c(=NC(=O)CN2C(=O)CCC2=O)sc2cc(OCC)ccc21. The van der Waals surface area contributed by atoms with E-state index in [1.54, 1.807) is 4.57 Å². The van der Waals surface area contributed by atoms with Crippen LogP contribution in [0, 0.1) is 12.3 Å². The van der Waals surface area contributed by atoms with Crippen LogP contribution in [0.5, 0.6) is 5.75 Å². The average Bonchev–Trinajstić information content (AvgIpc) is 3.10. The van der Waals surface area contributed by atoms with E-state index in [-0.39, 0.29) is 37.7 Å². The molecule has 1 aliphatic heterocycles. The molecule has 7 nitrogen and oxygen atoms in total. The van der Waals surface area contributed by atoms with E-state index in [1.165, 1.54) is 11.3 Å². The van der Waals surface area contributed by atoms with Crippen LogP contribution in [0.4, 0.5) is 0 Å². The van der Waals surface area contributed by atoms with Gasteiger partial charge in [-0.25, -0.2) is 0 Å². The topological polar surface area (TPSA) is 81.0 Å². The van der Waals surface area contributed by atoms with Crippen LogP contribution < -0.4 is 9.54 Å². The minimum Gasteiger partial charge on any atom is -0.494 e. The molecule has 26 heavy (non-hydrogen) atoms. The Bertz CT molecular complexity index is 980. The summed E-state index contributed by atoms with van der Waals surface area (Å²) in [6.45, 7) is 2.36. The molecule has 0 radical (unpaired) electrons. The van der Waals surface area contributed by atoms with Gasteiger partial charge in [-0.05, 0) is 25.1 Å². The van der Waals surface area contributed by atoms with E-state index in [2.05, 4.69) is 10.9 Å². The van der Waals surface area contributed by atoms with E-state index < -0.39 is 5.91 Å². The molecule has 1 aromatic carbocycles. The van der Waals surface area contributed by atoms with E-state index in [0.717, 1.165) is 20.9 Å². The molecule has 0 saturated carbocycles. The van der Waals surface area contributed by atoms with Crippen molar-refractivity contribution < 1.29 is 19.1 Å². The fourth-order valence-corrected chi connectivity index (χ4v) is 3.79. The number of thiazole rings is 1. The number of fused-ring (bicyclic) bond motifs is 1. The number of likely N-dealkylation sites (tertiary alicyclic amines) is 1. The van der Waals surface area contributed by atoms with Crippen LogP contribution in [-0.2, 0) is 20.9 Å². The summed E-state index contributed by atoms with van der Waals surface area (Å²) in [7, 11) is 0. The van der Waals surface area contributed by atoms with Gasteiger partial charge in [0.15, 0.2) is 4.80 Å². The molecule has 2 aromatic rings. The smallest absolute Gasteiger partial charge is 0.268 e. The summed E-state index contributed by atoms with van der Waals surface area (Å²) in [5, 5.41) is 0. The van der Waals surface area contributed by atoms with Crippen molar-refractivity contribution in [2.24, 2.45) is 4.99 Å². The number of nitrogens with zero attached hydrogens (tertiary/aromatic N) is 3. The normalized spacial score (nSPS) is 14.9. The van der Waals surface area contributed by atoms with Gasteiger partial charge in [0.25, 0.3) is 5.91 Å². The van der Waals surface area contributed by atoms with E-state index in [0.29, 0.717) is 11.4 Å². The van der Waals surface area contributed by atoms with Gasteiger partial charge in [-0.1, -0.05) is 17.3 Å². The van der Waals surface area contributed by atoms with Crippen LogP contribution in [0.15, 0.2) is 23.2 Å². The number of carbonyl (C=O) groups is 3. The highest BCUT2D eigenvalue weighted by Crippen LogP contribution is 2.23. The number of aromatic nitrogens is 1. The lowest BCUT2D eigenvalue weighted by Gasteiger charge is -2.10. The van der Waals surface area contributed by atoms with Gasteiger partial charge in [-0.3, -0.25) is 19.3 Å². The molecule has 2 heterocycles. The third kappa shape index (κ3) is 3.53. The Labute approximate surface area is 153 Å². The van der Waals surface area contributed by atoms with Crippen molar-refractivity contribution >= 4 is 39.3 Å². The third-order valence-electron chi connectivity index (χ3n) is 3.88. The molecule has 0 spiro atoms. The zero-order valence-electron chi connectivity index (χ0n) is 14.2. The van der Waals surface area contributed by atoms with E-state index >= 15 is 0 Å². The summed E-state index contributed by atoms with van der Waals surface area (Å²) >= 11 is 1.30. The van der Waals surface area contributed by atoms with Gasteiger partial charge in [-0.15, -0.1) is 6.42 Å². The van der Waals surface area contributed by atoms with Crippen molar-refractivity contribution in [3.8, 4) is 18.1 Å². The number of terminal acetylenes is 1. The zero-order chi connectivity index (χ0) is 18.7. The highest BCUT2D eigenvalue weighted by Gasteiger charge is 2.30. The van der Waals surface area contributed by atoms with Gasteiger partial charge < -0.3 is 9.30 Å². The summed E-state index contributed by atoms with van der Waals surface area (Å²) in [4.78, 5) is 41.0. The summed E-state index contributed by atoms with van der Waals surface area (Å²) in [5.74, 6) is 2.03. The number of benzene rings is 1. The molecule has 0 bridgehead atoms. The maximum Gasteiger partial charge on any atom is 0.268 e. The maximum absolute atomic E-state index is 12.3. The van der Waals surface area contributed by atoms with Gasteiger partial charge in [0.05, 0.1) is 23.4 Å². The predicted octanol–water partition coefficient (Wildman–Crippen LogP) is 1.31. The second-order valence-corrected chi connectivity index (χ2v) is 6.63. The number of rotatable bonds is 5. The van der Waals surface area contributed by atoms with Crippen LogP contribution >= 0.6 is 11.3 Å². The van der Waals surface area contributed by atoms with E-state index in [9.17, 15) is 14.4 Å². The first kappa shape index (κ1) is 17.9. The summed E-state index contributed by atoms with van der Waals surface area (Å²) < 4.78 is 8.13. The quantitative estimate of drug-likeness (QED) is 0.586. The van der Waals surface area contributed by atoms with Crippen LogP contribution in [0.3, 0.4) is 0 Å². The van der Waals surface area contributed by atoms with Crippen LogP contribution in [-0.4, -0.2) is 40.3 Å². The maximum atomic E-state index is 12.3. The fraction of sp³-hybridized carbons (Fsp3) is 0.333. The first-order valence-corrected chi connectivity index (χ1v) is 8.95. The van der Waals surface area contributed by atoms with Gasteiger partial charge in [0.1, 0.15) is 12.3 Å². The van der Waals surface area contributed by atoms with Gasteiger partial charge in [0.2, 0.25) is 11.8 Å². The average molecular weight is 371 g/mol. The minimum absolute atomic E-state index is 0.145. The fourth-order valence-electron chi connectivity index (χ4n) is 2.72. The largest absolute Gasteiger partial charge is 0.494 e. The first-order valence-electron chi connectivity index (χ1n) is 8.14. The number of amides is 3. The molecule has 0 N–H and O–H groups in total. The number of hydrogen-bond acceptors (Lipinski definition) is 5. The highest BCUT2D eigenvalue weighted by atomic mass is 32.1. The number of carbonyl (C=O) groups excluding carboxylic acids is 3. The Kier molecular flexibility index (Phi) is 5.19. The molecule has 0 unspecified atom stereocenters. The molecule has 0 aliphatic carbocycles. The second kappa shape index (κ2) is 7.54. The lowest BCUT2D eigenvalue weighted by Crippen LogP contribution is -2.34. The highest BCUT2D eigenvalue weighted by molar-refractivity contribution is 7.16. The molecular weight excluding hydrogens is 354 g/mol. The first-order chi connectivity index (χ1) is 12.5. The van der Waals surface area contributed by atoms with Crippen molar-refractivity contribution in [2.75, 3.05) is 13.2 Å². The lowest BCUT2D eigenvalue weighted by atomic mass is 10.3. The van der Waals surface area contributed by atoms with Crippen molar-refractivity contribution in [1.82, 2.24) is 9.47 Å². The monoisotopic (exact) mass is 371 g/mol. The summed E-state index contributed by atoms with van der Waals surface area (Å²) in [5.41, 5.74) is 0.844. The van der Waals surface area contributed by atoms with Crippen molar-refractivity contribution in [1.29, 1.82) is 0 Å². The molecule has 1 aromatic heterocycles.